The second kappa shape index (κ2) is 23.9. The summed E-state index contributed by atoms with van der Waals surface area (Å²) in [6, 6.07) is 18.7. The number of aryl methyl sites for hydroxylation is 2. The van der Waals surface area contributed by atoms with Gasteiger partial charge in [-0.25, -0.2) is 31.8 Å². The predicted octanol–water partition coefficient (Wildman–Crippen LogP) is 11.5. The molecule has 4 aliphatic carbocycles. The smallest absolute Gasteiger partial charge is 0.316 e. The molecule has 6 heterocycles. The fraction of sp³-hybridized carbons (Fsp3) is 0.467. The van der Waals surface area contributed by atoms with Crippen LogP contribution in [0.4, 0.5) is 11.4 Å². The maximum Gasteiger partial charge on any atom is 0.316 e. The molecule has 6 aromatic rings. The fourth-order valence-electron chi connectivity index (χ4n) is 11.9. The molecule has 4 aromatic heterocycles. The Morgan fingerprint density at radius 2 is 1.05 bits per heavy atom. The molecule has 2 amide bonds. The normalized spacial score (nSPS) is 17.6. The molecule has 6 aliphatic rings. The van der Waals surface area contributed by atoms with Gasteiger partial charge in [0.2, 0.25) is 11.8 Å². The first-order valence-corrected chi connectivity index (χ1v) is 32.3. The molecule has 80 heavy (non-hydrogen) atoms. The molecule has 12 rings (SSSR count). The lowest BCUT2D eigenvalue weighted by Gasteiger charge is -2.25. The number of rotatable bonds is 15. The van der Waals surface area contributed by atoms with Crippen molar-refractivity contribution in [3.05, 3.63) is 129 Å². The highest BCUT2D eigenvalue weighted by atomic mass is 79.9. The number of carbonyl (C=O) groups excluding carboxylic acids is 2. The summed E-state index contributed by atoms with van der Waals surface area (Å²) in [4.78, 5) is 57.4. The topological polar surface area (TPSA) is 205 Å². The summed E-state index contributed by atoms with van der Waals surface area (Å²) in [6.07, 6.45) is 22.7. The lowest BCUT2D eigenvalue weighted by atomic mass is 9.80. The zero-order valence-electron chi connectivity index (χ0n) is 45.8. The van der Waals surface area contributed by atoms with Gasteiger partial charge in [0.1, 0.15) is 5.15 Å². The number of pyridine rings is 2. The van der Waals surface area contributed by atoms with Crippen molar-refractivity contribution in [1.82, 2.24) is 29.9 Å². The predicted molar refractivity (Wildman–Crippen MR) is 311 cm³/mol. The van der Waals surface area contributed by atoms with Crippen LogP contribution in [0.3, 0.4) is 0 Å². The van der Waals surface area contributed by atoms with Gasteiger partial charge >= 0.3 is 12.0 Å². The Balaban J connectivity index is 0.000000153. The molecule has 2 spiro atoms. The number of ether oxygens (including phenoxy) is 2. The molecule has 4 fully saturated rings. The largest absolute Gasteiger partial charge is 0.467 e. The number of hydrogen-bond donors (Lipinski definition) is 0. The first kappa shape index (κ1) is 57.3. The number of anilines is 2. The van der Waals surface area contributed by atoms with E-state index in [1.807, 2.05) is 40.4 Å². The van der Waals surface area contributed by atoms with Gasteiger partial charge in [0, 0.05) is 66.6 Å². The highest BCUT2D eigenvalue weighted by Crippen LogP contribution is 2.53. The monoisotopic (exact) mass is 1210 g/mol. The van der Waals surface area contributed by atoms with Gasteiger partial charge in [0.25, 0.3) is 0 Å². The van der Waals surface area contributed by atoms with E-state index >= 15 is 0 Å². The second-order valence-corrected chi connectivity index (χ2v) is 27.7. The maximum atomic E-state index is 13.5. The number of benzene rings is 2. The number of methoxy groups -OCH3 is 2. The van der Waals surface area contributed by atoms with Crippen LogP contribution >= 0.6 is 27.5 Å². The third-order valence-electron chi connectivity index (χ3n) is 16.8. The minimum Gasteiger partial charge on any atom is -0.467 e. The van der Waals surface area contributed by atoms with E-state index in [1.54, 1.807) is 76.9 Å². The minimum atomic E-state index is -3.23. The standard InChI is InChI=1S/C30H34N4O4S.C22H25ClN2O3S.C8H9BrN2O/c1-3-39(36,37)22-11-6-20(7-12-22)8-13-27(35)34-19-30(14-4-5-15-30)24-16-25(31-18-26(24)34)23-17-32-29(38-2)33-28(23)21-9-10-21;1-2-29(27,28)17-8-5-16(6-9-17)7-10-21(26)25-15-22(11-3-4-12-22)18-13-20(23)24-14-19(18)25;1-12-8-10-4-6(9)7(11-8)5-2-3-5/h6-7,11-12,16-18,21H,3-5,8-10,13-15,19H2,1-2H3;5-6,8-9,13-14H,2-4,7,10-12,15H2,1H3;4-5H,2-3H2,1H3. The quantitative estimate of drug-likeness (QED) is 0.0878. The van der Waals surface area contributed by atoms with Crippen molar-refractivity contribution in [2.75, 3.05) is 48.6 Å². The van der Waals surface area contributed by atoms with Crippen LogP contribution in [0.15, 0.2) is 99.7 Å². The van der Waals surface area contributed by atoms with Gasteiger partial charge in [-0.05, 0) is 139 Å². The molecule has 0 unspecified atom stereocenters. The third kappa shape index (κ3) is 12.3. The molecule has 0 saturated heterocycles. The van der Waals surface area contributed by atoms with Crippen LogP contribution < -0.4 is 19.3 Å². The Hall–Kier alpha value is -5.89. The maximum absolute atomic E-state index is 13.5. The summed E-state index contributed by atoms with van der Waals surface area (Å²) in [5.41, 5.74) is 9.98. The van der Waals surface area contributed by atoms with Crippen LogP contribution in [0.25, 0.3) is 11.3 Å². The zero-order chi connectivity index (χ0) is 56.4. The molecule has 2 aliphatic heterocycles. The van der Waals surface area contributed by atoms with Crippen molar-refractivity contribution in [2.24, 2.45) is 0 Å². The van der Waals surface area contributed by atoms with Crippen LogP contribution in [0.5, 0.6) is 12.0 Å². The molecule has 0 bridgehead atoms. The summed E-state index contributed by atoms with van der Waals surface area (Å²) in [5.74, 6) is 1.34. The highest BCUT2D eigenvalue weighted by Gasteiger charge is 2.48. The molecule has 4 saturated carbocycles. The van der Waals surface area contributed by atoms with Crippen LogP contribution in [0.2, 0.25) is 5.15 Å². The molecular formula is C60H68BrClN8O8S2. The van der Waals surface area contributed by atoms with E-state index in [-0.39, 0.29) is 34.2 Å². The number of hydrogen-bond acceptors (Lipinski definition) is 14. The number of halogens is 2. The van der Waals surface area contributed by atoms with Crippen molar-refractivity contribution >= 4 is 70.4 Å². The summed E-state index contributed by atoms with van der Waals surface area (Å²) in [7, 11) is -3.27. The third-order valence-corrected chi connectivity index (χ3v) is 21.1. The number of carbonyl (C=O) groups is 2. The summed E-state index contributed by atoms with van der Waals surface area (Å²) in [6.45, 7) is 4.67. The molecule has 0 atom stereocenters. The Kier molecular flexibility index (Phi) is 17.1. The molecule has 16 nitrogen and oxygen atoms in total. The van der Waals surface area contributed by atoms with Gasteiger partial charge in [-0.2, -0.15) is 9.97 Å². The van der Waals surface area contributed by atoms with E-state index in [0.29, 0.717) is 77.6 Å². The van der Waals surface area contributed by atoms with Crippen molar-refractivity contribution in [3.63, 3.8) is 0 Å². The van der Waals surface area contributed by atoms with E-state index in [9.17, 15) is 26.4 Å². The second-order valence-electron chi connectivity index (χ2n) is 21.9. The van der Waals surface area contributed by atoms with E-state index in [0.717, 1.165) is 107 Å². The Morgan fingerprint density at radius 3 is 1.51 bits per heavy atom. The van der Waals surface area contributed by atoms with Crippen LogP contribution in [0, 0.1) is 0 Å². The Bertz CT molecular complexity index is 3500. The molecule has 422 valence electrons. The van der Waals surface area contributed by atoms with Gasteiger partial charge in [0.05, 0.1) is 80.8 Å². The molecule has 0 radical (unpaired) electrons. The summed E-state index contributed by atoms with van der Waals surface area (Å²) >= 11 is 9.57. The van der Waals surface area contributed by atoms with Crippen LogP contribution in [-0.4, -0.2) is 97.4 Å². The highest BCUT2D eigenvalue weighted by molar-refractivity contribution is 9.10. The van der Waals surface area contributed by atoms with Crippen molar-refractivity contribution in [2.45, 2.75) is 149 Å². The van der Waals surface area contributed by atoms with E-state index in [2.05, 4.69) is 46.9 Å². The van der Waals surface area contributed by atoms with Gasteiger partial charge < -0.3 is 19.3 Å². The number of aromatic nitrogens is 6. The van der Waals surface area contributed by atoms with Crippen LogP contribution in [-0.2, 0) is 52.9 Å². The van der Waals surface area contributed by atoms with E-state index in [1.165, 1.54) is 31.2 Å². The van der Waals surface area contributed by atoms with E-state index in [4.69, 9.17) is 26.1 Å². The van der Waals surface area contributed by atoms with Crippen LogP contribution in [0.1, 0.15) is 149 Å². The Labute approximate surface area is 482 Å². The average molecular weight is 1210 g/mol. The molecule has 2 aromatic carbocycles. The first-order chi connectivity index (χ1) is 38.5. The zero-order valence-corrected chi connectivity index (χ0v) is 49.8. The van der Waals surface area contributed by atoms with Gasteiger partial charge in [-0.3, -0.25) is 14.6 Å². The fourth-order valence-corrected chi connectivity index (χ4v) is 14.4. The summed E-state index contributed by atoms with van der Waals surface area (Å²) in [5, 5.41) is 0.478. The molecule has 0 N–H and O–H groups in total. The van der Waals surface area contributed by atoms with Gasteiger partial charge in [0.15, 0.2) is 19.7 Å². The summed E-state index contributed by atoms with van der Waals surface area (Å²) < 4.78 is 59.3. The van der Waals surface area contributed by atoms with Crippen molar-refractivity contribution in [1.29, 1.82) is 0 Å². The van der Waals surface area contributed by atoms with E-state index < -0.39 is 19.7 Å². The molecular weight excluding hydrogens is 1140 g/mol. The average Bonchev–Trinajstić information content (AvgIpc) is 4.44. The lowest BCUT2D eigenvalue weighted by Crippen LogP contribution is -2.35. The van der Waals surface area contributed by atoms with Gasteiger partial charge in [-0.1, -0.05) is 75.4 Å². The van der Waals surface area contributed by atoms with Crippen molar-refractivity contribution in [3.8, 4) is 23.3 Å². The van der Waals surface area contributed by atoms with Crippen molar-refractivity contribution < 1.29 is 35.9 Å². The SMILES string of the molecule is CCS(=O)(=O)c1ccc(CCC(=O)N2CC3(CCCC3)c3cc(-c4cnc(OC)nc4C4CC4)ncc32)cc1.CCS(=O)(=O)c1ccc(CCC(=O)N2CC3(CCCC3)c3cc(Cl)ncc32)cc1.COc1ncc(Br)c(C2CC2)n1. The number of amides is 2. The lowest BCUT2D eigenvalue weighted by molar-refractivity contribution is -0.119. The number of fused-ring (bicyclic) bond motifs is 4. The molecule has 20 heteroatoms. The Morgan fingerprint density at radius 1 is 0.613 bits per heavy atom. The van der Waals surface area contributed by atoms with Gasteiger partial charge in [-0.15, -0.1) is 0 Å². The number of nitrogens with zero attached hydrogens (tertiary/aromatic N) is 8. The first-order valence-electron chi connectivity index (χ1n) is 27.9. The minimum absolute atomic E-state index is 0.0216. The number of sulfone groups is 2.